The summed E-state index contributed by atoms with van der Waals surface area (Å²) in [5.74, 6) is 1.85. The van der Waals surface area contributed by atoms with E-state index in [9.17, 15) is 0 Å². The normalized spacial score (nSPS) is 13.0. The Morgan fingerprint density at radius 2 is 0.788 bits per heavy atom. The van der Waals surface area contributed by atoms with E-state index in [1.54, 1.807) is 0 Å². The van der Waals surface area contributed by atoms with Gasteiger partial charge in [0.25, 0.3) is 0 Å². The highest BCUT2D eigenvalue weighted by Gasteiger charge is 2.49. The number of aromatic nitrogens is 4. The van der Waals surface area contributed by atoms with Crippen molar-refractivity contribution in [1.82, 2.24) is 19.5 Å². The Bertz CT molecular complexity index is 3820. The molecule has 2 aliphatic carbocycles. The van der Waals surface area contributed by atoms with Crippen LogP contribution >= 0.6 is 0 Å². The van der Waals surface area contributed by atoms with E-state index in [2.05, 4.69) is 199 Å². The summed E-state index contributed by atoms with van der Waals surface area (Å²) < 4.78 is 2.56. The largest absolute Gasteiger partial charge is 0.308 e. The number of benzene rings is 10. The number of hydrogen-bond donors (Lipinski definition) is 0. The highest BCUT2D eigenvalue weighted by Crippen LogP contribution is 2.60. The smallest absolute Gasteiger partial charge is 0.166 e. The van der Waals surface area contributed by atoms with Crippen LogP contribution in [0.5, 0.6) is 0 Å². The number of hydrogen-bond acceptors (Lipinski definition) is 3. The van der Waals surface area contributed by atoms with Gasteiger partial charge >= 0.3 is 0 Å². The minimum absolute atomic E-state index is 0.608. The molecule has 0 N–H and O–H groups in total. The molecule has 10 aromatic carbocycles. The Hall–Kier alpha value is -8.73. The van der Waals surface area contributed by atoms with Gasteiger partial charge < -0.3 is 4.57 Å². The lowest BCUT2D eigenvalue weighted by molar-refractivity contribution is 0.762. The van der Waals surface area contributed by atoms with Crippen molar-refractivity contribution in [2.24, 2.45) is 0 Å². The molecule has 0 fully saturated rings. The SMILES string of the molecule is c1ccc(-c2nc(-c3ccccc3)nc(-c3ccc4c(c3-n3c5cccc6c5c5c7c(cccc7ccc53)-c3ccccc3-6)C(c3ccccc3)(c3ccccc3)c3ccccc3-4)n2)cc1. The standard InChI is InChI=1S/C62H38N4/c1-5-19-40(20-6-1)59-63-60(41-21-7-2-8-22-41)65-61(64-59)50-37-36-49-46-30-15-16-33-51(46)62(42-24-9-3-10-25-42,43-26-11-4-12-27-43)57(49)58(50)66-52-34-18-32-48-45-29-14-13-28-44(45)47-31-17-23-39-35-38-53(66)56(54(39)47)55(48)52/h1-38H. The second kappa shape index (κ2) is 14.1. The molecule has 0 bridgehead atoms. The molecule has 2 aliphatic rings. The zero-order valence-corrected chi connectivity index (χ0v) is 35.7. The Kier molecular flexibility index (Phi) is 7.87. The molecular weight excluding hydrogens is 801 g/mol. The van der Waals surface area contributed by atoms with Crippen molar-refractivity contribution in [2.45, 2.75) is 5.41 Å². The van der Waals surface area contributed by atoms with Crippen LogP contribution in [0, 0.1) is 0 Å². The lowest BCUT2D eigenvalue weighted by atomic mass is 9.67. The first-order valence-electron chi connectivity index (χ1n) is 22.6. The number of fused-ring (bicyclic) bond motifs is 6. The first-order valence-corrected chi connectivity index (χ1v) is 22.6. The van der Waals surface area contributed by atoms with Gasteiger partial charge in [-0.1, -0.05) is 212 Å². The van der Waals surface area contributed by atoms with Gasteiger partial charge in [-0.3, -0.25) is 0 Å². The fourth-order valence-corrected chi connectivity index (χ4v) is 11.4. The summed E-state index contributed by atoms with van der Waals surface area (Å²) >= 11 is 0. The average molecular weight is 839 g/mol. The second-order valence-corrected chi connectivity index (χ2v) is 17.4. The molecule has 4 heteroatoms. The first-order chi connectivity index (χ1) is 32.8. The molecular formula is C62H38N4. The van der Waals surface area contributed by atoms with Crippen molar-refractivity contribution >= 4 is 32.6 Å². The summed E-state index contributed by atoms with van der Waals surface area (Å²) in [7, 11) is 0. The number of rotatable bonds is 6. The summed E-state index contributed by atoms with van der Waals surface area (Å²) in [4.78, 5) is 16.1. The second-order valence-electron chi connectivity index (χ2n) is 17.4. The quantitative estimate of drug-likeness (QED) is 0.168. The van der Waals surface area contributed by atoms with Crippen LogP contribution in [-0.2, 0) is 5.41 Å². The fourth-order valence-electron chi connectivity index (χ4n) is 11.4. The van der Waals surface area contributed by atoms with Crippen molar-refractivity contribution in [3.8, 4) is 73.2 Å². The molecule has 0 aliphatic heterocycles. The highest BCUT2D eigenvalue weighted by molar-refractivity contribution is 6.30. The van der Waals surface area contributed by atoms with Gasteiger partial charge in [0.1, 0.15) is 0 Å². The molecule has 0 saturated carbocycles. The third-order valence-corrected chi connectivity index (χ3v) is 14.1. The van der Waals surface area contributed by atoms with Gasteiger partial charge in [0.15, 0.2) is 17.5 Å². The maximum atomic E-state index is 5.48. The number of nitrogens with zero attached hydrogens (tertiary/aromatic N) is 4. The lowest BCUT2D eigenvalue weighted by Gasteiger charge is -2.36. The average Bonchev–Trinajstić information content (AvgIpc) is 3.86. The van der Waals surface area contributed by atoms with Gasteiger partial charge in [0.05, 0.1) is 22.1 Å². The summed E-state index contributed by atoms with van der Waals surface area (Å²) in [6.07, 6.45) is 0. The molecule has 0 saturated heterocycles. The lowest BCUT2D eigenvalue weighted by Crippen LogP contribution is -2.30. The van der Waals surface area contributed by atoms with Crippen molar-refractivity contribution in [3.63, 3.8) is 0 Å². The van der Waals surface area contributed by atoms with Crippen molar-refractivity contribution < 1.29 is 0 Å². The molecule has 14 rings (SSSR count). The van der Waals surface area contributed by atoms with Crippen LogP contribution in [0.25, 0.3) is 106 Å². The van der Waals surface area contributed by atoms with Gasteiger partial charge in [0, 0.05) is 33.0 Å². The molecule has 0 atom stereocenters. The Labute approximate surface area is 381 Å². The maximum absolute atomic E-state index is 5.48. The maximum Gasteiger partial charge on any atom is 0.166 e. The monoisotopic (exact) mass is 838 g/mol. The van der Waals surface area contributed by atoms with Crippen LogP contribution < -0.4 is 0 Å². The Morgan fingerprint density at radius 1 is 0.303 bits per heavy atom. The van der Waals surface area contributed by atoms with Crippen molar-refractivity contribution in [3.05, 3.63) is 253 Å². The molecule has 12 aromatic rings. The predicted octanol–water partition coefficient (Wildman–Crippen LogP) is 15.1. The van der Waals surface area contributed by atoms with E-state index in [-0.39, 0.29) is 0 Å². The Balaban J connectivity index is 1.22. The topological polar surface area (TPSA) is 43.6 Å². The van der Waals surface area contributed by atoms with E-state index in [1.807, 2.05) is 36.4 Å². The van der Waals surface area contributed by atoms with Crippen LogP contribution in [0.2, 0.25) is 0 Å². The first kappa shape index (κ1) is 36.7. The van der Waals surface area contributed by atoms with E-state index in [1.165, 1.54) is 77.2 Å². The highest BCUT2D eigenvalue weighted by atomic mass is 15.1. The molecule has 2 aromatic heterocycles. The molecule has 66 heavy (non-hydrogen) atoms. The minimum atomic E-state index is -0.733. The van der Waals surface area contributed by atoms with Gasteiger partial charge in [-0.25, -0.2) is 15.0 Å². The summed E-state index contributed by atoms with van der Waals surface area (Å²) in [5.41, 5.74) is 17.5. The Morgan fingerprint density at radius 3 is 1.42 bits per heavy atom. The van der Waals surface area contributed by atoms with Gasteiger partial charge in [-0.2, -0.15) is 0 Å². The van der Waals surface area contributed by atoms with E-state index in [4.69, 9.17) is 15.0 Å². The predicted molar refractivity (Wildman–Crippen MR) is 270 cm³/mol. The minimum Gasteiger partial charge on any atom is -0.308 e. The van der Waals surface area contributed by atoms with Crippen molar-refractivity contribution in [2.75, 3.05) is 0 Å². The van der Waals surface area contributed by atoms with Crippen LogP contribution in [-0.4, -0.2) is 19.5 Å². The third-order valence-electron chi connectivity index (χ3n) is 14.1. The van der Waals surface area contributed by atoms with E-state index >= 15 is 0 Å². The molecule has 4 nitrogen and oxygen atoms in total. The van der Waals surface area contributed by atoms with E-state index in [0.717, 1.165) is 33.4 Å². The zero-order chi connectivity index (χ0) is 43.3. The zero-order valence-electron chi connectivity index (χ0n) is 35.7. The van der Waals surface area contributed by atoms with Crippen LogP contribution in [0.1, 0.15) is 22.3 Å². The van der Waals surface area contributed by atoms with E-state index < -0.39 is 5.41 Å². The summed E-state index contributed by atoms with van der Waals surface area (Å²) in [6, 6.07) is 83.5. The van der Waals surface area contributed by atoms with Gasteiger partial charge in [-0.15, -0.1) is 0 Å². The van der Waals surface area contributed by atoms with Gasteiger partial charge in [-0.05, 0) is 79.0 Å². The molecule has 306 valence electrons. The molecule has 2 heterocycles. The van der Waals surface area contributed by atoms with Crippen molar-refractivity contribution in [1.29, 1.82) is 0 Å². The fraction of sp³-hybridized carbons (Fsp3) is 0.0161. The van der Waals surface area contributed by atoms with Gasteiger partial charge in [0.2, 0.25) is 0 Å². The van der Waals surface area contributed by atoms with Crippen LogP contribution in [0.15, 0.2) is 231 Å². The molecule has 0 unspecified atom stereocenters. The van der Waals surface area contributed by atoms with Crippen LogP contribution in [0.4, 0.5) is 0 Å². The third kappa shape index (κ3) is 5.07. The molecule has 0 spiro atoms. The molecule has 0 radical (unpaired) electrons. The summed E-state index contributed by atoms with van der Waals surface area (Å²) in [6.45, 7) is 0. The molecule has 0 amide bonds. The van der Waals surface area contributed by atoms with Crippen LogP contribution in [0.3, 0.4) is 0 Å². The summed E-state index contributed by atoms with van der Waals surface area (Å²) in [5, 5.41) is 4.98. The van der Waals surface area contributed by atoms with E-state index in [0.29, 0.717) is 17.5 Å².